The van der Waals surface area contributed by atoms with Crippen LogP contribution < -0.4 is 16.6 Å². The second-order valence-corrected chi connectivity index (χ2v) is 5.22. The van der Waals surface area contributed by atoms with Gasteiger partial charge in [0, 0.05) is 17.8 Å². The largest absolute Gasteiger partial charge is 0.481 e. The van der Waals surface area contributed by atoms with E-state index in [-0.39, 0.29) is 18.9 Å². The highest BCUT2D eigenvalue weighted by Crippen LogP contribution is 2.06. The van der Waals surface area contributed by atoms with E-state index in [1.165, 1.54) is 13.1 Å². The quantitative estimate of drug-likeness (QED) is 0.651. The number of aryl methyl sites for hydroxylation is 1. The molecule has 1 atom stereocenters. The third-order valence-electron chi connectivity index (χ3n) is 3.05. The molecule has 0 fully saturated rings. The fourth-order valence-corrected chi connectivity index (χ4v) is 1.78. The molecule has 0 aliphatic heterocycles. The Balaban J connectivity index is 2.81. The number of carbonyl (C=O) groups is 2. The van der Waals surface area contributed by atoms with Crippen LogP contribution in [0.25, 0.3) is 0 Å². The summed E-state index contributed by atoms with van der Waals surface area (Å²) in [6.07, 6.45) is 1.10. The molecule has 8 nitrogen and oxygen atoms in total. The van der Waals surface area contributed by atoms with Crippen molar-refractivity contribution in [2.24, 2.45) is 5.92 Å². The van der Waals surface area contributed by atoms with Crippen molar-refractivity contribution in [3.63, 3.8) is 0 Å². The average Bonchev–Trinajstić information content (AvgIpc) is 2.34. The molecule has 1 aromatic heterocycles. The lowest BCUT2D eigenvalue weighted by molar-refractivity contribution is -0.138. The maximum absolute atomic E-state index is 11.9. The number of carboxylic acids is 1. The minimum absolute atomic E-state index is 0.0564. The van der Waals surface area contributed by atoms with Crippen LogP contribution in [-0.4, -0.2) is 32.6 Å². The van der Waals surface area contributed by atoms with Gasteiger partial charge in [-0.2, -0.15) is 0 Å². The number of carboxylic acid groups (broad SMARTS) is 1. The minimum atomic E-state index is -1.01. The zero-order valence-corrected chi connectivity index (χ0v) is 12.2. The van der Waals surface area contributed by atoms with Crippen LogP contribution in [0.5, 0.6) is 0 Å². The predicted octanol–water partition coefficient (Wildman–Crippen LogP) is -0.539. The van der Waals surface area contributed by atoms with Gasteiger partial charge in [-0.15, -0.1) is 0 Å². The van der Waals surface area contributed by atoms with Crippen molar-refractivity contribution < 1.29 is 14.7 Å². The Morgan fingerprint density at radius 2 is 2.00 bits per heavy atom. The van der Waals surface area contributed by atoms with Crippen molar-refractivity contribution in [2.45, 2.75) is 39.8 Å². The topological polar surface area (TPSA) is 121 Å². The summed E-state index contributed by atoms with van der Waals surface area (Å²) in [5.41, 5.74) is -0.865. The number of amides is 1. The summed E-state index contributed by atoms with van der Waals surface area (Å²) in [6, 6.07) is -0.519. The number of aliphatic carboxylic acids is 1. The van der Waals surface area contributed by atoms with Crippen LogP contribution in [0.3, 0.4) is 0 Å². The standard InChI is InChI=1S/C13H19N3O5/c1-7(2)9(4-11(18)19)14-10(17)6-16-5-8(3)12(20)15-13(16)21/h5,7,9H,4,6H2,1-3H3,(H,14,17)(H,18,19)(H,15,20,21)/t9-/m0/s1. The molecule has 0 saturated carbocycles. The maximum atomic E-state index is 11.9. The first-order valence-corrected chi connectivity index (χ1v) is 6.52. The Morgan fingerprint density at radius 1 is 1.38 bits per heavy atom. The summed E-state index contributed by atoms with van der Waals surface area (Å²) in [4.78, 5) is 47.5. The molecular weight excluding hydrogens is 278 g/mol. The Kier molecular flexibility index (Phi) is 5.45. The molecule has 1 aromatic rings. The molecule has 0 aliphatic rings. The van der Waals surface area contributed by atoms with E-state index >= 15 is 0 Å². The zero-order valence-electron chi connectivity index (χ0n) is 12.2. The summed E-state index contributed by atoms with van der Waals surface area (Å²) in [7, 11) is 0. The van der Waals surface area contributed by atoms with Crippen molar-refractivity contribution in [1.29, 1.82) is 0 Å². The summed E-state index contributed by atoms with van der Waals surface area (Å²) >= 11 is 0. The number of carbonyl (C=O) groups excluding carboxylic acids is 1. The molecule has 0 aliphatic carbocycles. The maximum Gasteiger partial charge on any atom is 0.328 e. The average molecular weight is 297 g/mol. The Labute approximate surface area is 120 Å². The molecule has 8 heteroatoms. The summed E-state index contributed by atoms with van der Waals surface area (Å²) in [5, 5.41) is 11.4. The Hall–Kier alpha value is -2.38. The lowest BCUT2D eigenvalue weighted by Gasteiger charge is -2.20. The van der Waals surface area contributed by atoms with Gasteiger partial charge in [0.25, 0.3) is 5.56 Å². The van der Waals surface area contributed by atoms with E-state index in [1.54, 1.807) is 13.8 Å². The molecule has 21 heavy (non-hydrogen) atoms. The van der Waals surface area contributed by atoms with Crippen LogP contribution in [0.15, 0.2) is 15.8 Å². The van der Waals surface area contributed by atoms with Crippen molar-refractivity contribution in [2.75, 3.05) is 0 Å². The minimum Gasteiger partial charge on any atom is -0.481 e. The van der Waals surface area contributed by atoms with Gasteiger partial charge in [-0.3, -0.25) is 23.9 Å². The predicted molar refractivity (Wildman–Crippen MR) is 75.1 cm³/mol. The fourth-order valence-electron chi connectivity index (χ4n) is 1.78. The molecule has 116 valence electrons. The number of hydrogen-bond acceptors (Lipinski definition) is 4. The van der Waals surface area contributed by atoms with Gasteiger partial charge in [0.15, 0.2) is 0 Å². The molecule has 3 N–H and O–H groups in total. The second kappa shape index (κ2) is 6.87. The molecule has 0 radical (unpaired) electrons. The first-order valence-electron chi connectivity index (χ1n) is 6.52. The molecule has 1 rings (SSSR count). The number of nitrogens with zero attached hydrogens (tertiary/aromatic N) is 1. The molecule has 1 amide bonds. The highest BCUT2D eigenvalue weighted by molar-refractivity contribution is 5.77. The van der Waals surface area contributed by atoms with E-state index in [9.17, 15) is 19.2 Å². The van der Waals surface area contributed by atoms with Gasteiger partial charge in [0.05, 0.1) is 6.42 Å². The van der Waals surface area contributed by atoms with Crippen molar-refractivity contribution in [3.05, 3.63) is 32.6 Å². The normalized spacial score (nSPS) is 12.2. The number of aromatic nitrogens is 2. The Bertz CT molecular complexity index is 644. The first-order chi connectivity index (χ1) is 9.70. The molecule has 0 saturated heterocycles. The van der Waals surface area contributed by atoms with Crippen LogP contribution >= 0.6 is 0 Å². The van der Waals surface area contributed by atoms with E-state index in [1.807, 2.05) is 0 Å². The van der Waals surface area contributed by atoms with Gasteiger partial charge in [-0.25, -0.2) is 4.79 Å². The Morgan fingerprint density at radius 3 is 2.52 bits per heavy atom. The lowest BCUT2D eigenvalue weighted by atomic mass is 10.0. The highest BCUT2D eigenvalue weighted by atomic mass is 16.4. The van der Waals surface area contributed by atoms with Crippen molar-refractivity contribution >= 4 is 11.9 Å². The van der Waals surface area contributed by atoms with E-state index in [2.05, 4.69) is 10.3 Å². The van der Waals surface area contributed by atoms with E-state index < -0.39 is 29.2 Å². The summed E-state index contributed by atoms with van der Waals surface area (Å²) in [5.74, 6) is -1.55. The third-order valence-corrected chi connectivity index (χ3v) is 3.05. The van der Waals surface area contributed by atoms with Crippen molar-refractivity contribution in [3.8, 4) is 0 Å². The molecule has 0 spiro atoms. The van der Waals surface area contributed by atoms with Crippen LogP contribution in [0.1, 0.15) is 25.8 Å². The fraction of sp³-hybridized carbons (Fsp3) is 0.538. The number of H-pyrrole nitrogens is 1. The van der Waals surface area contributed by atoms with Gasteiger partial charge in [-0.1, -0.05) is 13.8 Å². The van der Waals surface area contributed by atoms with E-state index in [0.717, 1.165) is 4.57 Å². The smallest absolute Gasteiger partial charge is 0.328 e. The number of rotatable bonds is 6. The lowest BCUT2D eigenvalue weighted by Crippen LogP contribution is -2.43. The molecule has 0 bridgehead atoms. The van der Waals surface area contributed by atoms with Gasteiger partial charge >= 0.3 is 11.7 Å². The van der Waals surface area contributed by atoms with Gasteiger partial charge in [0.1, 0.15) is 6.54 Å². The van der Waals surface area contributed by atoms with E-state index in [0.29, 0.717) is 5.56 Å². The van der Waals surface area contributed by atoms with E-state index in [4.69, 9.17) is 5.11 Å². The van der Waals surface area contributed by atoms with Gasteiger partial charge in [0.2, 0.25) is 5.91 Å². The number of nitrogens with one attached hydrogen (secondary N) is 2. The van der Waals surface area contributed by atoms with Crippen molar-refractivity contribution in [1.82, 2.24) is 14.9 Å². The number of hydrogen-bond donors (Lipinski definition) is 3. The van der Waals surface area contributed by atoms with Crippen LogP contribution in [-0.2, 0) is 16.1 Å². The van der Waals surface area contributed by atoms with Gasteiger partial charge in [-0.05, 0) is 12.8 Å². The monoisotopic (exact) mass is 297 g/mol. The third kappa shape index (κ3) is 4.90. The van der Waals surface area contributed by atoms with Gasteiger partial charge < -0.3 is 10.4 Å². The zero-order chi connectivity index (χ0) is 16.2. The molecular formula is C13H19N3O5. The molecule has 0 aromatic carbocycles. The molecule has 0 unspecified atom stereocenters. The SMILES string of the molecule is Cc1cn(CC(=O)N[C@@H](CC(=O)O)C(C)C)c(=O)[nH]c1=O. The summed E-state index contributed by atoms with van der Waals surface area (Å²) in [6.45, 7) is 4.84. The first kappa shape index (κ1) is 16.7. The van der Waals surface area contributed by atoms with Crippen LogP contribution in [0.4, 0.5) is 0 Å². The van der Waals surface area contributed by atoms with Crippen LogP contribution in [0.2, 0.25) is 0 Å². The molecule has 1 heterocycles. The van der Waals surface area contributed by atoms with Crippen LogP contribution in [0, 0.1) is 12.8 Å². The highest BCUT2D eigenvalue weighted by Gasteiger charge is 2.19. The number of aromatic amines is 1. The second-order valence-electron chi connectivity index (χ2n) is 5.22. The summed E-state index contributed by atoms with van der Waals surface area (Å²) < 4.78 is 1.07.